The van der Waals surface area contributed by atoms with Crippen LogP contribution in [0.25, 0.3) is 0 Å². The van der Waals surface area contributed by atoms with Gasteiger partial charge in [-0.1, -0.05) is 11.6 Å². The number of pyridine rings is 1. The van der Waals surface area contributed by atoms with Gasteiger partial charge in [0.05, 0.1) is 23.8 Å². The number of anilines is 1. The van der Waals surface area contributed by atoms with Gasteiger partial charge in [-0.15, -0.1) is 0 Å². The van der Waals surface area contributed by atoms with E-state index in [0.29, 0.717) is 11.6 Å². The second-order valence-corrected chi connectivity index (χ2v) is 5.60. The largest absolute Gasteiger partial charge is 0.377 e. The molecule has 1 fully saturated rings. The Kier molecular flexibility index (Phi) is 4.10. The van der Waals surface area contributed by atoms with E-state index in [-0.39, 0.29) is 5.54 Å². The fourth-order valence-electron chi connectivity index (χ4n) is 2.22. The molecule has 1 aromatic heterocycles. The molecule has 2 rings (SSSR count). The zero-order valence-corrected chi connectivity index (χ0v) is 11.9. The molecular weight excluding hydrogens is 250 g/mol. The van der Waals surface area contributed by atoms with Gasteiger partial charge in [0.25, 0.3) is 0 Å². The Morgan fingerprint density at radius 3 is 2.94 bits per heavy atom. The molecule has 0 radical (unpaired) electrons. The summed E-state index contributed by atoms with van der Waals surface area (Å²) in [7, 11) is 1.91. The van der Waals surface area contributed by atoms with Crippen LogP contribution in [0.3, 0.4) is 0 Å². The molecule has 0 aliphatic carbocycles. The van der Waals surface area contributed by atoms with E-state index in [4.69, 9.17) is 16.3 Å². The van der Waals surface area contributed by atoms with Gasteiger partial charge < -0.3 is 15.0 Å². The normalized spacial score (nSPS) is 19.0. The molecule has 1 aromatic rings. The Morgan fingerprint density at radius 1 is 1.56 bits per heavy atom. The Labute approximate surface area is 113 Å². The zero-order chi connectivity index (χ0) is 13.2. The van der Waals surface area contributed by atoms with Gasteiger partial charge in [-0.2, -0.15) is 0 Å². The van der Waals surface area contributed by atoms with Crippen molar-refractivity contribution >= 4 is 17.4 Å². The highest BCUT2D eigenvalue weighted by molar-refractivity contribution is 6.33. The lowest BCUT2D eigenvalue weighted by atomic mass is 10.0. The maximum Gasteiger partial charge on any atom is 0.147 e. The lowest BCUT2D eigenvalue weighted by Crippen LogP contribution is -2.53. The van der Waals surface area contributed by atoms with Crippen LogP contribution in [0.5, 0.6) is 0 Å². The summed E-state index contributed by atoms with van der Waals surface area (Å²) >= 11 is 6.35. The van der Waals surface area contributed by atoms with Crippen molar-refractivity contribution in [1.29, 1.82) is 0 Å². The van der Waals surface area contributed by atoms with Crippen molar-refractivity contribution in [2.75, 3.05) is 31.7 Å². The van der Waals surface area contributed by atoms with E-state index < -0.39 is 0 Å². The molecule has 0 atom stereocenters. The minimum atomic E-state index is -0.0700. The molecule has 18 heavy (non-hydrogen) atoms. The third-order valence-corrected chi connectivity index (χ3v) is 3.44. The maximum atomic E-state index is 6.35. The monoisotopic (exact) mass is 269 g/mol. The molecular formula is C13H20ClN3O. The quantitative estimate of drug-likeness (QED) is 0.912. The van der Waals surface area contributed by atoms with E-state index in [0.717, 1.165) is 31.1 Å². The summed E-state index contributed by atoms with van der Waals surface area (Å²) in [6.45, 7) is 7.31. The van der Waals surface area contributed by atoms with Gasteiger partial charge in [0.1, 0.15) is 5.82 Å². The van der Waals surface area contributed by atoms with Gasteiger partial charge in [0.15, 0.2) is 0 Å². The van der Waals surface area contributed by atoms with E-state index in [1.54, 1.807) is 0 Å². The number of rotatable bonds is 3. The summed E-state index contributed by atoms with van der Waals surface area (Å²) in [5.74, 6) is 0.852. The molecule has 0 spiro atoms. The average molecular weight is 270 g/mol. The number of halogens is 1. The first-order chi connectivity index (χ1) is 8.54. The number of aromatic nitrogens is 1. The first kappa shape index (κ1) is 13.6. The fraction of sp³-hybridized carbons (Fsp3) is 0.615. The highest BCUT2D eigenvalue weighted by Gasteiger charge is 2.32. The number of hydrogen-bond acceptors (Lipinski definition) is 4. The maximum absolute atomic E-state index is 6.35. The minimum Gasteiger partial charge on any atom is -0.377 e. The predicted octanol–water partition coefficient (Wildman–Crippen LogP) is 2.07. The van der Waals surface area contributed by atoms with Crippen LogP contribution >= 0.6 is 11.6 Å². The molecule has 0 bridgehead atoms. The number of ether oxygens (including phenoxy) is 1. The van der Waals surface area contributed by atoms with Crippen molar-refractivity contribution in [1.82, 2.24) is 10.3 Å². The highest BCUT2D eigenvalue weighted by Crippen LogP contribution is 2.31. The van der Waals surface area contributed by atoms with Gasteiger partial charge in [0.2, 0.25) is 0 Å². The first-order valence-corrected chi connectivity index (χ1v) is 6.57. The van der Waals surface area contributed by atoms with E-state index in [9.17, 15) is 0 Å². The molecule has 0 aromatic carbocycles. The SMILES string of the molecule is CNCc1cnc(N2CCOCC2(C)C)c(Cl)c1. The number of hydrogen-bond donors (Lipinski definition) is 1. The molecule has 5 heteroatoms. The standard InChI is InChI=1S/C13H20ClN3O/c1-13(2)9-18-5-4-17(13)12-11(14)6-10(7-15-3)8-16-12/h6,8,15H,4-5,7,9H2,1-3H3. The Bertz CT molecular complexity index is 423. The van der Waals surface area contributed by atoms with Crippen LogP contribution in [-0.4, -0.2) is 37.3 Å². The zero-order valence-electron chi connectivity index (χ0n) is 11.2. The van der Waals surface area contributed by atoms with E-state index in [1.165, 1.54) is 0 Å². The fourth-order valence-corrected chi connectivity index (χ4v) is 2.51. The van der Waals surface area contributed by atoms with Gasteiger partial charge in [-0.3, -0.25) is 0 Å². The lowest BCUT2D eigenvalue weighted by molar-refractivity contribution is 0.0639. The van der Waals surface area contributed by atoms with E-state index in [2.05, 4.69) is 29.0 Å². The highest BCUT2D eigenvalue weighted by atomic mass is 35.5. The number of morpholine rings is 1. The second-order valence-electron chi connectivity index (χ2n) is 5.20. The van der Waals surface area contributed by atoms with E-state index >= 15 is 0 Å². The summed E-state index contributed by atoms with van der Waals surface area (Å²) in [4.78, 5) is 6.74. The Balaban J connectivity index is 2.27. The number of nitrogens with one attached hydrogen (secondary N) is 1. The van der Waals surface area contributed by atoms with Crippen molar-refractivity contribution in [2.24, 2.45) is 0 Å². The van der Waals surface area contributed by atoms with Crippen molar-refractivity contribution in [3.63, 3.8) is 0 Å². The third-order valence-electron chi connectivity index (χ3n) is 3.16. The average Bonchev–Trinajstić information content (AvgIpc) is 2.30. The summed E-state index contributed by atoms with van der Waals surface area (Å²) in [5, 5.41) is 3.80. The van der Waals surface area contributed by atoms with E-state index in [1.807, 2.05) is 19.3 Å². The van der Waals surface area contributed by atoms with Crippen molar-refractivity contribution in [3.05, 3.63) is 22.8 Å². The molecule has 0 amide bonds. The summed E-state index contributed by atoms with van der Waals surface area (Å²) in [6.07, 6.45) is 1.88. The molecule has 1 aliphatic heterocycles. The van der Waals surface area contributed by atoms with Crippen molar-refractivity contribution in [2.45, 2.75) is 25.9 Å². The topological polar surface area (TPSA) is 37.4 Å². The first-order valence-electron chi connectivity index (χ1n) is 6.19. The third kappa shape index (κ3) is 2.76. The lowest BCUT2D eigenvalue weighted by Gasteiger charge is -2.43. The molecule has 1 aliphatic rings. The second kappa shape index (κ2) is 5.43. The Hall–Kier alpha value is -0.840. The van der Waals surface area contributed by atoms with Crippen LogP contribution in [-0.2, 0) is 11.3 Å². The molecule has 2 heterocycles. The molecule has 4 nitrogen and oxygen atoms in total. The smallest absolute Gasteiger partial charge is 0.147 e. The summed E-state index contributed by atoms with van der Waals surface area (Å²) < 4.78 is 5.52. The minimum absolute atomic E-state index is 0.0700. The van der Waals surface area contributed by atoms with Crippen LogP contribution in [0.15, 0.2) is 12.3 Å². The van der Waals surface area contributed by atoms with Crippen LogP contribution in [0.2, 0.25) is 5.02 Å². The van der Waals surface area contributed by atoms with Crippen molar-refractivity contribution < 1.29 is 4.74 Å². The van der Waals surface area contributed by atoms with Crippen molar-refractivity contribution in [3.8, 4) is 0 Å². The van der Waals surface area contributed by atoms with Crippen LogP contribution < -0.4 is 10.2 Å². The molecule has 1 saturated heterocycles. The van der Waals surface area contributed by atoms with Gasteiger partial charge in [-0.05, 0) is 32.5 Å². The molecule has 0 saturated carbocycles. The Morgan fingerprint density at radius 2 is 2.33 bits per heavy atom. The van der Waals surface area contributed by atoms with Crippen LogP contribution in [0, 0.1) is 0 Å². The number of nitrogens with zero attached hydrogens (tertiary/aromatic N) is 2. The molecule has 0 unspecified atom stereocenters. The van der Waals surface area contributed by atoms with Gasteiger partial charge >= 0.3 is 0 Å². The predicted molar refractivity (Wildman–Crippen MR) is 74.3 cm³/mol. The van der Waals surface area contributed by atoms with Gasteiger partial charge in [0, 0.05) is 19.3 Å². The van der Waals surface area contributed by atoms with Gasteiger partial charge in [-0.25, -0.2) is 4.98 Å². The summed E-state index contributed by atoms with van der Waals surface area (Å²) in [6, 6.07) is 1.98. The molecule has 1 N–H and O–H groups in total. The van der Waals surface area contributed by atoms with Crippen LogP contribution in [0.4, 0.5) is 5.82 Å². The van der Waals surface area contributed by atoms with Crippen LogP contribution in [0.1, 0.15) is 19.4 Å². The molecule has 100 valence electrons. The summed E-state index contributed by atoms with van der Waals surface area (Å²) in [5.41, 5.74) is 1.02.